The number of rotatable bonds is 2. The fourth-order valence-electron chi connectivity index (χ4n) is 0.167. The van der Waals surface area contributed by atoms with Crippen LogP contribution < -0.4 is 0 Å². The van der Waals surface area contributed by atoms with Gasteiger partial charge < -0.3 is 6.58 Å². The van der Waals surface area contributed by atoms with E-state index in [4.69, 9.17) is 6.58 Å². The van der Waals surface area contributed by atoms with Crippen molar-refractivity contribution in [1.29, 1.82) is 0 Å². The molecule has 0 nitrogen and oxygen atoms in total. The van der Waals surface area contributed by atoms with Crippen LogP contribution in [0.15, 0.2) is 6.08 Å². The molecule has 0 aromatic heterocycles. The molecule has 0 spiro atoms. The Morgan fingerprint density at radius 1 is 1.71 bits per heavy atom. The van der Waals surface area contributed by atoms with Crippen molar-refractivity contribution in [3.8, 4) is 0 Å². The minimum absolute atomic E-state index is 1.04. The van der Waals surface area contributed by atoms with Gasteiger partial charge in [0.15, 0.2) is 0 Å². The summed E-state index contributed by atoms with van der Waals surface area (Å²) >= 11 is 3.35. The first-order valence-electron chi connectivity index (χ1n) is 2.07. The maximum absolute atomic E-state index is 5.01. The fraction of sp³-hybridized carbons (Fsp3) is 0.600. The number of halogens is 1. The molecule has 0 N–H and O–H groups in total. The second-order valence-electron chi connectivity index (χ2n) is 1.02. The molecule has 0 unspecified atom stereocenters. The molecule has 0 aromatic carbocycles. The molecule has 0 amide bonds. The van der Waals surface area contributed by atoms with Crippen molar-refractivity contribution in [1.82, 2.24) is 0 Å². The zero-order valence-electron chi connectivity index (χ0n) is 4.26. The van der Waals surface area contributed by atoms with Crippen molar-refractivity contribution in [3.05, 3.63) is 12.7 Å². The summed E-state index contributed by atoms with van der Waals surface area (Å²) in [5.41, 5.74) is 0. The zero-order chi connectivity index (χ0) is 6.12. The van der Waals surface area contributed by atoms with Crippen LogP contribution in [0.4, 0.5) is 0 Å². The van der Waals surface area contributed by atoms with Crippen molar-refractivity contribution in [2.24, 2.45) is 0 Å². The molecular formula is C5H9ClNi-. The third-order valence-corrected chi connectivity index (χ3v) is 0.455. The molecule has 0 fully saturated rings. The Labute approximate surface area is 57.6 Å². The molecule has 0 aliphatic rings. The van der Waals surface area contributed by atoms with Crippen LogP contribution in [-0.2, 0) is 14.6 Å². The standard InChI is InChI=1S/C5H9.ClH.Ni/c1-3-5-4-2;;/h1,3H,4-5H2,2H3;1H;/q-1;;+1/p-1. The minimum atomic E-state index is 1.04. The van der Waals surface area contributed by atoms with Gasteiger partial charge in [-0.2, -0.15) is 0 Å². The van der Waals surface area contributed by atoms with Crippen molar-refractivity contribution in [2.75, 3.05) is 0 Å². The maximum atomic E-state index is 5.01. The Kier molecular flexibility index (Phi) is 24.0. The van der Waals surface area contributed by atoms with Gasteiger partial charge in [0.1, 0.15) is 0 Å². The van der Waals surface area contributed by atoms with E-state index in [0.29, 0.717) is 0 Å². The summed E-state index contributed by atoms with van der Waals surface area (Å²) in [5, 5.41) is 0. The van der Waals surface area contributed by atoms with Crippen LogP contribution in [0.1, 0.15) is 19.8 Å². The molecule has 0 aromatic rings. The Morgan fingerprint density at radius 2 is 2.14 bits per heavy atom. The van der Waals surface area contributed by atoms with Crippen LogP contribution in [0.25, 0.3) is 0 Å². The van der Waals surface area contributed by atoms with E-state index in [1.807, 2.05) is 0 Å². The summed E-state index contributed by atoms with van der Waals surface area (Å²) in [7, 11) is 4.26. The van der Waals surface area contributed by atoms with Gasteiger partial charge in [0.05, 0.1) is 0 Å². The predicted octanol–water partition coefficient (Wildman–Crippen LogP) is 2.46. The van der Waals surface area contributed by atoms with Crippen LogP contribution in [0.3, 0.4) is 0 Å². The first-order valence-corrected chi connectivity index (χ1v) is 3.43. The summed E-state index contributed by atoms with van der Waals surface area (Å²) in [6.07, 6.45) is 3.89. The van der Waals surface area contributed by atoms with Gasteiger partial charge in [0, 0.05) is 0 Å². The van der Waals surface area contributed by atoms with E-state index >= 15 is 0 Å². The quantitative estimate of drug-likeness (QED) is 0.433. The fourth-order valence-corrected chi connectivity index (χ4v) is 0.167. The third-order valence-electron chi connectivity index (χ3n) is 0.455. The Balaban J connectivity index is 0. The molecule has 0 atom stereocenters. The molecule has 7 heavy (non-hydrogen) atoms. The molecule has 47 valence electrons. The van der Waals surface area contributed by atoms with Crippen LogP contribution >= 0.6 is 10.2 Å². The van der Waals surface area contributed by atoms with Gasteiger partial charge in [-0.1, -0.05) is 19.8 Å². The van der Waals surface area contributed by atoms with Crippen molar-refractivity contribution >= 4 is 10.2 Å². The van der Waals surface area contributed by atoms with E-state index in [1.165, 1.54) is 0 Å². The van der Waals surface area contributed by atoms with Crippen LogP contribution in [0, 0.1) is 6.58 Å². The molecule has 0 aliphatic carbocycles. The first kappa shape index (κ1) is 10.5. The van der Waals surface area contributed by atoms with Gasteiger partial charge in [-0.25, -0.2) is 0 Å². The molecule has 0 heterocycles. The van der Waals surface area contributed by atoms with Crippen LogP contribution in [0.2, 0.25) is 0 Å². The second-order valence-corrected chi connectivity index (χ2v) is 1.02. The zero-order valence-corrected chi connectivity index (χ0v) is 6.01. The van der Waals surface area contributed by atoms with Gasteiger partial charge >= 0.3 is 24.8 Å². The average Bonchev–Trinajstić information content (AvgIpc) is 1.75. The van der Waals surface area contributed by atoms with Crippen LogP contribution in [0.5, 0.6) is 0 Å². The van der Waals surface area contributed by atoms with Gasteiger partial charge in [-0.05, 0) is 0 Å². The number of hydrogen-bond acceptors (Lipinski definition) is 0. The Bertz CT molecular complexity index is 29.3. The Morgan fingerprint density at radius 3 is 2.14 bits per heavy atom. The van der Waals surface area contributed by atoms with E-state index in [-0.39, 0.29) is 0 Å². The molecule has 0 radical (unpaired) electrons. The average molecular weight is 163 g/mol. The van der Waals surface area contributed by atoms with Gasteiger partial charge in [0.25, 0.3) is 0 Å². The van der Waals surface area contributed by atoms with E-state index in [9.17, 15) is 0 Å². The van der Waals surface area contributed by atoms with Crippen molar-refractivity contribution < 1.29 is 14.6 Å². The molecule has 0 rings (SSSR count). The van der Waals surface area contributed by atoms with E-state index in [0.717, 1.165) is 12.8 Å². The van der Waals surface area contributed by atoms with E-state index in [2.05, 4.69) is 31.7 Å². The van der Waals surface area contributed by atoms with Crippen molar-refractivity contribution in [2.45, 2.75) is 19.8 Å². The number of unbranched alkanes of at least 4 members (excludes halogenated alkanes) is 1. The van der Waals surface area contributed by atoms with E-state index in [1.54, 1.807) is 6.08 Å². The van der Waals surface area contributed by atoms with Gasteiger partial charge in [0.2, 0.25) is 0 Å². The number of hydrogen-bond donors (Lipinski definition) is 0. The third kappa shape index (κ3) is 21.0. The summed E-state index contributed by atoms with van der Waals surface area (Å²) in [6.45, 7) is 7.11. The van der Waals surface area contributed by atoms with Gasteiger partial charge in [-0.15, -0.1) is 0 Å². The summed E-state index contributed by atoms with van der Waals surface area (Å²) in [6, 6.07) is 0. The molecule has 0 saturated carbocycles. The normalized spacial score (nSPS) is 6.29. The molecule has 0 aliphatic heterocycles. The van der Waals surface area contributed by atoms with Crippen LogP contribution in [-0.4, -0.2) is 0 Å². The SMILES string of the molecule is [CH-]=CCCC.[Cl][Ni]. The number of allylic oxidation sites excluding steroid dienone is 1. The summed E-state index contributed by atoms with van der Waals surface area (Å²) < 4.78 is 0. The second kappa shape index (κ2) is 16.0. The van der Waals surface area contributed by atoms with Crippen molar-refractivity contribution in [3.63, 3.8) is 0 Å². The topological polar surface area (TPSA) is 0 Å². The molecular weight excluding hydrogens is 154 g/mol. The Hall–Kier alpha value is 0.524. The first-order chi connectivity index (χ1) is 3.41. The monoisotopic (exact) mass is 162 g/mol. The van der Waals surface area contributed by atoms with E-state index < -0.39 is 0 Å². The summed E-state index contributed by atoms with van der Waals surface area (Å²) in [5.74, 6) is 0. The summed E-state index contributed by atoms with van der Waals surface area (Å²) in [4.78, 5) is 0. The predicted molar refractivity (Wildman–Crippen MR) is 29.6 cm³/mol. The van der Waals surface area contributed by atoms with Gasteiger partial charge in [-0.3, -0.25) is 6.08 Å². The molecule has 0 saturated heterocycles. The molecule has 2 heteroatoms. The molecule has 0 bridgehead atoms.